The lowest BCUT2D eigenvalue weighted by atomic mass is 10.5. The zero-order chi connectivity index (χ0) is 12.1. The maximum absolute atomic E-state index is 11.3. The van der Waals surface area contributed by atoms with Gasteiger partial charge in [0.25, 0.3) is 0 Å². The van der Waals surface area contributed by atoms with E-state index in [1.807, 2.05) is 0 Å². The van der Waals surface area contributed by atoms with Gasteiger partial charge in [-0.1, -0.05) is 0 Å². The van der Waals surface area contributed by atoms with Crippen LogP contribution in [-0.4, -0.2) is 33.0 Å². The van der Waals surface area contributed by atoms with Gasteiger partial charge in [-0.15, -0.1) is 0 Å². The Hall–Kier alpha value is -2.02. The molecule has 0 fully saturated rings. The molecule has 86 valence electrons. The van der Waals surface area contributed by atoms with Crippen LogP contribution in [0.4, 0.5) is 0 Å². The average molecular weight is 248 g/mol. The Morgan fingerprint density at radius 3 is 2.71 bits per heavy atom. The molecule has 7 heteroatoms. The third-order valence-electron chi connectivity index (χ3n) is 1.76. The highest BCUT2D eigenvalue weighted by molar-refractivity contribution is 7.99. The number of carbonyl (C=O) groups excluding carboxylic acids is 1. The lowest BCUT2D eigenvalue weighted by Gasteiger charge is -2.01. The van der Waals surface area contributed by atoms with Crippen LogP contribution in [0, 0.1) is 0 Å². The van der Waals surface area contributed by atoms with Crippen molar-refractivity contribution in [3.8, 4) is 0 Å². The Bertz CT molecular complexity index is 521. The molecule has 0 aromatic carbocycles. The molecule has 2 heterocycles. The van der Waals surface area contributed by atoms with E-state index in [1.165, 1.54) is 25.1 Å². The van der Waals surface area contributed by atoms with Crippen molar-refractivity contribution < 1.29 is 9.53 Å². The highest BCUT2D eigenvalue weighted by atomic mass is 32.2. The Labute approximate surface area is 101 Å². The zero-order valence-corrected chi connectivity index (χ0v) is 9.72. The van der Waals surface area contributed by atoms with Crippen molar-refractivity contribution in [3.63, 3.8) is 0 Å². The summed E-state index contributed by atoms with van der Waals surface area (Å²) < 4.78 is 4.56. The molecule has 0 atom stereocenters. The van der Waals surface area contributed by atoms with Gasteiger partial charge in [0.1, 0.15) is 10.1 Å². The summed E-state index contributed by atoms with van der Waals surface area (Å²) in [7, 11) is 1.30. The molecule has 0 bridgehead atoms. The summed E-state index contributed by atoms with van der Waals surface area (Å²) in [5, 5.41) is 1.25. The minimum absolute atomic E-state index is 0.168. The van der Waals surface area contributed by atoms with Crippen molar-refractivity contribution in [1.82, 2.24) is 19.9 Å². The van der Waals surface area contributed by atoms with Crippen LogP contribution in [0.1, 0.15) is 10.5 Å². The molecule has 2 aromatic heterocycles. The van der Waals surface area contributed by atoms with E-state index in [4.69, 9.17) is 0 Å². The highest BCUT2D eigenvalue weighted by Gasteiger charge is 2.09. The molecule has 0 amide bonds. The van der Waals surface area contributed by atoms with Crippen molar-refractivity contribution in [2.45, 2.75) is 10.1 Å². The molecule has 0 aliphatic heterocycles. The van der Waals surface area contributed by atoms with Gasteiger partial charge in [0.2, 0.25) is 0 Å². The van der Waals surface area contributed by atoms with E-state index in [0.29, 0.717) is 10.1 Å². The second-order valence-corrected chi connectivity index (χ2v) is 3.92. The fraction of sp³-hybridized carbons (Fsp3) is 0.100. The summed E-state index contributed by atoms with van der Waals surface area (Å²) in [6.07, 6.45) is 7.68. The first-order valence-electron chi connectivity index (χ1n) is 4.64. The number of hydrogen-bond acceptors (Lipinski definition) is 7. The van der Waals surface area contributed by atoms with Crippen molar-refractivity contribution >= 4 is 17.7 Å². The van der Waals surface area contributed by atoms with Crippen molar-refractivity contribution in [2.24, 2.45) is 0 Å². The van der Waals surface area contributed by atoms with Gasteiger partial charge in [-0.2, -0.15) is 0 Å². The lowest BCUT2D eigenvalue weighted by molar-refractivity contribution is 0.0592. The van der Waals surface area contributed by atoms with E-state index in [1.54, 1.807) is 24.8 Å². The molecule has 0 saturated carbocycles. The van der Waals surface area contributed by atoms with E-state index >= 15 is 0 Å². The quantitative estimate of drug-likeness (QED) is 0.755. The number of methoxy groups -OCH3 is 1. The normalized spacial score (nSPS) is 9.94. The smallest absolute Gasteiger partial charge is 0.358 e. The van der Waals surface area contributed by atoms with Crippen LogP contribution in [0.15, 0.2) is 41.0 Å². The Kier molecular flexibility index (Phi) is 3.61. The zero-order valence-electron chi connectivity index (χ0n) is 8.90. The molecule has 0 saturated heterocycles. The molecular weight excluding hydrogens is 240 g/mol. The van der Waals surface area contributed by atoms with E-state index < -0.39 is 5.97 Å². The van der Waals surface area contributed by atoms with Crippen LogP contribution in [-0.2, 0) is 4.74 Å². The maximum atomic E-state index is 11.3. The topological polar surface area (TPSA) is 77.9 Å². The number of esters is 1. The molecule has 2 aromatic rings. The molecular formula is C10H8N4O2S. The minimum Gasteiger partial charge on any atom is -0.464 e. The van der Waals surface area contributed by atoms with Gasteiger partial charge in [-0.25, -0.2) is 14.8 Å². The Morgan fingerprint density at radius 1 is 1.18 bits per heavy atom. The van der Waals surface area contributed by atoms with E-state index in [9.17, 15) is 4.79 Å². The minimum atomic E-state index is -0.515. The summed E-state index contributed by atoms with van der Waals surface area (Å²) in [4.78, 5) is 27.3. The third-order valence-corrected chi connectivity index (χ3v) is 2.58. The van der Waals surface area contributed by atoms with Gasteiger partial charge in [-0.05, 0) is 11.8 Å². The summed E-state index contributed by atoms with van der Waals surface area (Å²) >= 11 is 1.27. The number of nitrogens with zero attached hydrogens (tertiary/aromatic N) is 4. The number of rotatable bonds is 3. The summed E-state index contributed by atoms with van der Waals surface area (Å²) in [6, 6.07) is 0. The van der Waals surface area contributed by atoms with Crippen molar-refractivity contribution in [3.05, 3.63) is 36.7 Å². The molecule has 6 nitrogen and oxygen atoms in total. The first kappa shape index (κ1) is 11.5. The molecule has 17 heavy (non-hydrogen) atoms. The molecule has 0 unspecified atom stereocenters. The summed E-state index contributed by atoms with van der Waals surface area (Å²) in [5.41, 5.74) is 0.168. The average Bonchev–Trinajstić information content (AvgIpc) is 2.39. The number of aromatic nitrogens is 4. The van der Waals surface area contributed by atoms with E-state index in [0.717, 1.165) is 0 Å². The second-order valence-electron chi connectivity index (χ2n) is 2.88. The standard InChI is InChI=1S/C10H8N4O2S/c1-16-10(15)7-4-12-6-9(14-7)17-8-5-11-2-3-13-8/h2-6H,1H3. The van der Waals surface area contributed by atoms with Crippen LogP contribution >= 0.6 is 11.8 Å². The van der Waals surface area contributed by atoms with Crippen LogP contribution in [0.3, 0.4) is 0 Å². The summed E-state index contributed by atoms with van der Waals surface area (Å²) in [5.74, 6) is -0.515. The lowest BCUT2D eigenvalue weighted by Crippen LogP contribution is -2.05. The van der Waals surface area contributed by atoms with Crippen LogP contribution < -0.4 is 0 Å². The molecule has 0 radical (unpaired) electrons. The summed E-state index contributed by atoms with van der Waals surface area (Å²) in [6.45, 7) is 0. The largest absolute Gasteiger partial charge is 0.464 e. The number of ether oxygens (including phenoxy) is 1. The van der Waals surface area contributed by atoms with Crippen LogP contribution in [0.5, 0.6) is 0 Å². The van der Waals surface area contributed by atoms with E-state index in [2.05, 4.69) is 24.7 Å². The monoisotopic (exact) mass is 248 g/mol. The molecule has 0 N–H and O–H groups in total. The van der Waals surface area contributed by atoms with Gasteiger partial charge in [0.15, 0.2) is 5.69 Å². The molecule has 0 aliphatic carbocycles. The van der Waals surface area contributed by atoms with Gasteiger partial charge in [-0.3, -0.25) is 9.97 Å². The fourth-order valence-corrected chi connectivity index (χ4v) is 1.74. The van der Waals surface area contributed by atoms with E-state index in [-0.39, 0.29) is 5.69 Å². The SMILES string of the molecule is COC(=O)c1cncc(Sc2cnccn2)n1. The fourth-order valence-electron chi connectivity index (χ4n) is 1.05. The van der Waals surface area contributed by atoms with Gasteiger partial charge in [0.05, 0.1) is 25.7 Å². The predicted octanol–water partition coefficient (Wildman–Crippen LogP) is 1.20. The molecule has 0 aliphatic rings. The van der Waals surface area contributed by atoms with Crippen molar-refractivity contribution in [1.29, 1.82) is 0 Å². The second kappa shape index (κ2) is 5.35. The van der Waals surface area contributed by atoms with Gasteiger partial charge in [0, 0.05) is 12.4 Å². The van der Waals surface area contributed by atoms with Crippen LogP contribution in [0.25, 0.3) is 0 Å². The molecule has 0 spiro atoms. The van der Waals surface area contributed by atoms with Crippen molar-refractivity contribution in [2.75, 3.05) is 7.11 Å². The number of carbonyl (C=O) groups is 1. The molecule has 2 rings (SSSR count). The maximum Gasteiger partial charge on any atom is 0.358 e. The third kappa shape index (κ3) is 2.97. The van der Waals surface area contributed by atoms with Gasteiger partial charge < -0.3 is 4.74 Å². The van der Waals surface area contributed by atoms with Crippen LogP contribution in [0.2, 0.25) is 0 Å². The Balaban J connectivity index is 2.20. The first-order valence-corrected chi connectivity index (χ1v) is 5.45. The first-order chi connectivity index (χ1) is 8.29. The number of hydrogen-bond donors (Lipinski definition) is 0. The van der Waals surface area contributed by atoms with Gasteiger partial charge >= 0.3 is 5.97 Å². The highest BCUT2D eigenvalue weighted by Crippen LogP contribution is 2.22. The Morgan fingerprint density at radius 2 is 2.00 bits per heavy atom. The predicted molar refractivity (Wildman–Crippen MR) is 59.5 cm³/mol.